The molecular weight excluding hydrogens is 261 g/mol. The van der Waals surface area contributed by atoms with Gasteiger partial charge >= 0.3 is 0 Å². The van der Waals surface area contributed by atoms with Crippen molar-refractivity contribution >= 4 is 45.3 Å². The van der Waals surface area contributed by atoms with Crippen LogP contribution in [0.25, 0.3) is 0 Å². The molecule has 0 aliphatic carbocycles. The van der Waals surface area contributed by atoms with Crippen molar-refractivity contribution in [3.8, 4) is 0 Å². The molecule has 12 heavy (non-hydrogen) atoms. The number of rotatable bonds is 4. The molecule has 4 heteroatoms. The Morgan fingerprint density at radius 1 is 1.50 bits per heavy atom. The molecule has 68 valence electrons. The Morgan fingerprint density at radius 3 is 2.67 bits per heavy atom. The van der Waals surface area contributed by atoms with Gasteiger partial charge in [-0.15, -0.1) is 23.2 Å². The Balaban J connectivity index is 4.10. The summed E-state index contributed by atoms with van der Waals surface area (Å²) in [4.78, 5) is 3.92. The third-order valence-corrected chi connectivity index (χ3v) is 1.96. The lowest BCUT2D eigenvalue weighted by Crippen LogP contribution is -1.76. The molecule has 0 aliphatic heterocycles. The highest BCUT2D eigenvalue weighted by atomic mass is 79.9. The lowest BCUT2D eigenvalue weighted by atomic mass is 10.3. The van der Waals surface area contributed by atoms with Gasteiger partial charge in [-0.3, -0.25) is 4.99 Å². The molecule has 0 bridgehead atoms. The Labute approximate surface area is 91.3 Å². The molecule has 0 aromatic rings. The predicted octanol–water partition coefficient (Wildman–Crippen LogP) is 3.72. The van der Waals surface area contributed by atoms with Crippen LogP contribution in [0.15, 0.2) is 27.3 Å². The van der Waals surface area contributed by atoms with E-state index in [4.69, 9.17) is 23.2 Å². The molecule has 0 rings (SSSR count). The maximum Gasteiger partial charge on any atom is 0.0577 e. The average molecular weight is 271 g/mol. The SMILES string of the molecule is C/C(=C\C(Br)=C/N=CCCl)CCl. The third-order valence-electron chi connectivity index (χ3n) is 0.967. The van der Waals surface area contributed by atoms with E-state index in [1.54, 1.807) is 12.4 Å². The molecule has 0 saturated carbocycles. The number of aliphatic imine (C=N–C) groups is 1. The smallest absolute Gasteiger partial charge is 0.0577 e. The molecule has 1 nitrogen and oxygen atoms in total. The summed E-state index contributed by atoms with van der Waals surface area (Å²) in [6, 6.07) is 0. The van der Waals surface area contributed by atoms with Gasteiger partial charge in [-0.2, -0.15) is 0 Å². The van der Waals surface area contributed by atoms with Gasteiger partial charge in [0.1, 0.15) is 0 Å². The van der Waals surface area contributed by atoms with E-state index in [0.717, 1.165) is 10.1 Å². The van der Waals surface area contributed by atoms with E-state index in [1.807, 2.05) is 13.0 Å². The zero-order chi connectivity index (χ0) is 9.40. The van der Waals surface area contributed by atoms with E-state index in [9.17, 15) is 0 Å². The Morgan fingerprint density at radius 2 is 2.17 bits per heavy atom. The third kappa shape index (κ3) is 6.89. The highest BCUT2D eigenvalue weighted by molar-refractivity contribution is 9.11. The van der Waals surface area contributed by atoms with Crippen LogP contribution in [-0.2, 0) is 0 Å². The molecule has 0 spiro atoms. The fraction of sp³-hybridized carbons (Fsp3) is 0.375. The van der Waals surface area contributed by atoms with Crippen LogP contribution in [0.1, 0.15) is 6.92 Å². The molecule has 0 saturated heterocycles. The summed E-state index contributed by atoms with van der Waals surface area (Å²) in [5.41, 5.74) is 1.08. The van der Waals surface area contributed by atoms with Gasteiger partial charge in [-0.1, -0.05) is 5.57 Å². The van der Waals surface area contributed by atoms with Gasteiger partial charge in [0, 0.05) is 22.8 Å². The van der Waals surface area contributed by atoms with Crippen LogP contribution in [0.3, 0.4) is 0 Å². The first kappa shape index (κ1) is 12.2. The summed E-state index contributed by atoms with van der Waals surface area (Å²) in [6.07, 6.45) is 5.21. The summed E-state index contributed by atoms with van der Waals surface area (Å²) >= 11 is 14.3. The van der Waals surface area contributed by atoms with Crippen LogP contribution in [-0.4, -0.2) is 18.0 Å². The van der Waals surface area contributed by atoms with Gasteiger partial charge < -0.3 is 0 Å². The maximum atomic E-state index is 5.58. The predicted molar refractivity (Wildman–Crippen MR) is 60.7 cm³/mol. The highest BCUT2D eigenvalue weighted by Gasteiger charge is 1.87. The van der Waals surface area contributed by atoms with Crippen LogP contribution >= 0.6 is 39.1 Å². The van der Waals surface area contributed by atoms with Gasteiger partial charge in [0.25, 0.3) is 0 Å². The molecular formula is C8H10BrCl2N. The van der Waals surface area contributed by atoms with E-state index < -0.39 is 0 Å². The fourth-order valence-electron chi connectivity index (χ4n) is 0.475. The van der Waals surface area contributed by atoms with Crippen molar-refractivity contribution in [1.82, 2.24) is 0 Å². The second-order valence-corrected chi connectivity index (χ2v) is 3.62. The van der Waals surface area contributed by atoms with Crippen LogP contribution in [0, 0.1) is 0 Å². The molecule has 0 radical (unpaired) electrons. The molecule has 0 unspecified atom stereocenters. The Hall–Kier alpha value is 0.210. The van der Waals surface area contributed by atoms with Gasteiger partial charge in [-0.25, -0.2) is 0 Å². The molecule has 0 aromatic heterocycles. The van der Waals surface area contributed by atoms with Gasteiger partial charge in [0.05, 0.1) is 5.88 Å². The van der Waals surface area contributed by atoms with Crippen LogP contribution < -0.4 is 0 Å². The van der Waals surface area contributed by atoms with Crippen molar-refractivity contribution in [2.75, 3.05) is 11.8 Å². The summed E-state index contributed by atoms with van der Waals surface area (Å²) in [5, 5.41) is 0. The molecule has 0 fully saturated rings. The summed E-state index contributed by atoms with van der Waals surface area (Å²) < 4.78 is 0.891. The van der Waals surface area contributed by atoms with Crippen molar-refractivity contribution < 1.29 is 0 Å². The highest BCUT2D eigenvalue weighted by Crippen LogP contribution is 2.10. The first-order valence-electron chi connectivity index (χ1n) is 3.37. The second kappa shape index (κ2) is 7.84. The monoisotopic (exact) mass is 269 g/mol. The molecule has 0 heterocycles. The number of allylic oxidation sites excluding steroid dienone is 3. The summed E-state index contributed by atoms with van der Waals surface area (Å²) in [6.45, 7) is 1.95. The van der Waals surface area contributed by atoms with E-state index in [1.165, 1.54) is 0 Å². The van der Waals surface area contributed by atoms with Crippen molar-refractivity contribution in [1.29, 1.82) is 0 Å². The Bertz CT molecular complexity index is 209. The topological polar surface area (TPSA) is 12.4 Å². The molecule has 0 N–H and O–H groups in total. The quantitative estimate of drug-likeness (QED) is 0.420. The number of hydrogen-bond acceptors (Lipinski definition) is 1. The molecule has 0 aromatic carbocycles. The lowest BCUT2D eigenvalue weighted by molar-refractivity contribution is 1.39. The lowest BCUT2D eigenvalue weighted by Gasteiger charge is -1.91. The number of hydrogen-bond donors (Lipinski definition) is 0. The molecule has 0 aliphatic rings. The second-order valence-electron chi connectivity index (χ2n) is 2.12. The van der Waals surface area contributed by atoms with Crippen molar-refractivity contribution in [2.45, 2.75) is 6.92 Å². The van der Waals surface area contributed by atoms with E-state index in [-0.39, 0.29) is 0 Å². The largest absolute Gasteiger partial charge is 0.267 e. The Kier molecular flexibility index (Phi) is 7.98. The van der Waals surface area contributed by atoms with Gasteiger partial charge in [-0.05, 0) is 28.9 Å². The number of nitrogens with zero attached hydrogens (tertiary/aromatic N) is 1. The minimum atomic E-state index is 0.426. The average Bonchev–Trinajstić information content (AvgIpc) is 2.05. The standard InChI is InChI=1S/C8H10BrCl2N/c1-7(5-11)4-8(9)6-12-3-2-10/h3-4,6H,2,5H2,1H3/b7-4+,8-6+,12-3?. The first-order chi connectivity index (χ1) is 5.70. The van der Waals surface area contributed by atoms with E-state index in [2.05, 4.69) is 20.9 Å². The fourth-order valence-corrected chi connectivity index (χ4v) is 1.14. The number of halogens is 3. The van der Waals surface area contributed by atoms with Crippen molar-refractivity contribution in [3.63, 3.8) is 0 Å². The van der Waals surface area contributed by atoms with Crippen molar-refractivity contribution in [2.24, 2.45) is 4.99 Å². The number of alkyl halides is 2. The summed E-state index contributed by atoms with van der Waals surface area (Å²) in [7, 11) is 0. The van der Waals surface area contributed by atoms with Gasteiger partial charge in [0.2, 0.25) is 0 Å². The normalized spacial score (nSPS) is 14.3. The summed E-state index contributed by atoms with van der Waals surface area (Å²) in [5.74, 6) is 0.955. The van der Waals surface area contributed by atoms with Crippen LogP contribution in [0.4, 0.5) is 0 Å². The zero-order valence-electron chi connectivity index (χ0n) is 6.73. The van der Waals surface area contributed by atoms with E-state index >= 15 is 0 Å². The van der Waals surface area contributed by atoms with Crippen molar-refractivity contribution in [3.05, 3.63) is 22.3 Å². The zero-order valence-corrected chi connectivity index (χ0v) is 9.83. The van der Waals surface area contributed by atoms with Crippen LogP contribution in [0.2, 0.25) is 0 Å². The maximum absolute atomic E-state index is 5.58. The minimum absolute atomic E-state index is 0.426. The molecule has 0 amide bonds. The minimum Gasteiger partial charge on any atom is -0.267 e. The molecule has 0 atom stereocenters. The van der Waals surface area contributed by atoms with Gasteiger partial charge in [0.15, 0.2) is 0 Å². The van der Waals surface area contributed by atoms with Crippen LogP contribution in [0.5, 0.6) is 0 Å². The van der Waals surface area contributed by atoms with E-state index in [0.29, 0.717) is 11.8 Å². The first-order valence-corrected chi connectivity index (χ1v) is 5.23.